The molecule has 0 bridgehead atoms. The van der Waals surface area contributed by atoms with E-state index in [4.69, 9.17) is 14.4 Å². The summed E-state index contributed by atoms with van der Waals surface area (Å²) in [5, 5.41) is 11.2. The molecule has 48 heavy (non-hydrogen) atoms. The first-order valence-corrected chi connectivity index (χ1v) is 16.5. The average Bonchev–Trinajstić information content (AvgIpc) is 3.69. The number of nitriles is 1. The molecular weight excluding hydrogens is 589 g/mol. The first kappa shape index (κ1) is 29.4. The van der Waals surface area contributed by atoms with Gasteiger partial charge in [0.2, 0.25) is 5.71 Å². The van der Waals surface area contributed by atoms with Crippen LogP contribution in [0, 0.1) is 11.3 Å². The van der Waals surface area contributed by atoms with E-state index >= 15 is 0 Å². The van der Waals surface area contributed by atoms with Crippen LogP contribution < -0.4 is 0 Å². The van der Waals surface area contributed by atoms with Crippen LogP contribution in [0.5, 0.6) is 0 Å². The normalized spacial score (nSPS) is 11.7. The van der Waals surface area contributed by atoms with E-state index in [9.17, 15) is 5.26 Å². The Balaban J connectivity index is 1.39. The van der Waals surface area contributed by atoms with Gasteiger partial charge in [0, 0.05) is 16.3 Å². The van der Waals surface area contributed by atoms with Crippen LogP contribution in [0.25, 0.3) is 72.6 Å². The summed E-state index contributed by atoms with van der Waals surface area (Å²) in [6, 6.07) is 43.7. The number of hydrogen-bond acceptors (Lipinski definition) is 4. The number of benzene rings is 5. The number of nitrogens with zero attached hydrogens (tertiary/aromatic N) is 4. The van der Waals surface area contributed by atoms with Gasteiger partial charge in [-0.05, 0) is 88.7 Å². The molecule has 0 aliphatic carbocycles. The third-order valence-corrected chi connectivity index (χ3v) is 9.22. The second-order valence-electron chi connectivity index (χ2n) is 13.0. The standard InChI is InChI=1S/C43H34N4O/c1-26(2)35-23-31(29-11-6-5-7-12-29)24-36(27(3)4)40(35)47-39-16-9-8-15-38(39)45-42(47)34-14-10-13-32-33-21-22-37(46-43(33)48-41(32)34)30-19-17-28(25-44)18-20-30/h5-24,26-27H,1-4H3. The Hall–Kier alpha value is -5.99. The quantitative estimate of drug-likeness (QED) is 0.185. The predicted molar refractivity (Wildman–Crippen MR) is 195 cm³/mol. The molecule has 5 nitrogen and oxygen atoms in total. The van der Waals surface area contributed by atoms with E-state index in [2.05, 4.69) is 123 Å². The molecule has 3 heterocycles. The van der Waals surface area contributed by atoms with E-state index in [-0.39, 0.29) is 11.8 Å². The van der Waals surface area contributed by atoms with Crippen LogP contribution in [0.1, 0.15) is 56.2 Å². The van der Waals surface area contributed by atoms with Crippen LogP contribution in [-0.2, 0) is 0 Å². The lowest BCUT2D eigenvalue weighted by Gasteiger charge is -2.24. The fraction of sp³-hybridized carbons (Fsp3) is 0.140. The SMILES string of the molecule is CC(C)c1cc(-c2ccccc2)cc(C(C)C)c1-n1c(-c2cccc3c2oc2nc(-c4ccc(C#N)cc4)ccc23)nc2ccccc21. The van der Waals surface area contributed by atoms with E-state index in [0.717, 1.165) is 50.0 Å². The summed E-state index contributed by atoms with van der Waals surface area (Å²) in [5.74, 6) is 1.37. The van der Waals surface area contributed by atoms with Gasteiger partial charge in [-0.2, -0.15) is 5.26 Å². The highest BCUT2D eigenvalue weighted by atomic mass is 16.3. The van der Waals surface area contributed by atoms with Crippen LogP contribution in [0.3, 0.4) is 0 Å². The van der Waals surface area contributed by atoms with Crippen molar-refractivity contribution in [3.05, 3.63) is 138 Å². The number of hydrogen-bond donors (Lipinski definition) is 0. The monoisotopic (exact) mass is 622 g/mol. The Morgan fingerprint density at radius 2 is 1.35 bits per heavy atom. The largest absolute Gasteiger partial charge is 0.437 e. The van der Waals surface area contributed by atoms with Crippen molar-refractivity contribution in [3.8, 4) is 45.5 Å². The molecular formula is C43H34N4O. The minimum Gasteiger partial charge on any atom is -0.437 e. The zero-order valence-electron chi connectivity index (χ0n) is 27.4. The Morgan fingerprint density at radius 3 is 2.06 bits per heavy atom. The topological polar surface area (TPSA) is 67.6 Å². The Labute approximate surface area is 279 Å². The molecule has 0 atom stereocenters. The van der Waals surface area contributed by atoms with Gasteiger partial charge in [0.1, 0.15) is 11.4 Å². The molecule has 0 N–H and O–H groups in total. The number of furan rings is 1. The second-order valence-corrected chi connectivity index (χ2v) is 13.0. The highest BCUT2D eigenvalue weighted by Gasteiger charge is 2.25. The van der Waals surface area contributed by atoms with Crippen molar-refractivity contribution in [1.29, 1.82) is 5.26 Å². The molecule has 8 rings (SSSR count). The lowest BCUT2D eigenvalue weighted by Crippen LogP contribution is -2.09. The Morgan fingerprint density at radius 1 is 0.646 bits per heavy atom. The van der Waals surface area contributed by atoms with Crippen LogP contribution in [0.4, 0.5) is 0 Å². The molecule has 3 aromatic heterocycles. The number of fused-ring (bicyclic) bond motifs is 4. The summed E-state index contributed by atoms with van der Waals surface area (Å²) < 4.78 is 9.00. The first-order valence-electron chi connectivity index (χ1n) is 16.5. The molecule has 232 valence electrons. The van der Waals surface area contributed by atoms with Crippen LogP contribution in [0.2, 0.25) is 0 Å². The van der Waals surface area contributed by atoms with Crippen LogP contribution in [0.15, 0.2) is 126 Å². The maximum atomic E-state index is 9.24. The van der Waals surface area contributed by atoms with Crippen molar-refractivity contribution < 1.29 is 4.42 Å². The van der Waals surface area contributed by atoms with Crippen LogP contribution >= 0.6 is 0 Å². The third kappa shape index (κ3) is 4.85. The molecule has 0 saturated carbocycles. The van der Waals surface area contributed by atoms with Gasteiger partial charge in [-0.25, -0.2) is 9.97 Å². The summed E-state index contributed by atoms with van der Waals surface area (Å²) >= 11 is 0. The summed E-state index contributed by atoms with van der Waals surface area (Å²) in [6.07, 6.45) is 0. The van der Waals surface area contributed by atoms with Crippen molar-refractivity contribution in [2.24, 2.45) is 0 Å². The van der Waals surface area contributed by atoms with Crippen molar-refractivity contribution in [2.75, 3.05) is 0 Å². The highest BCUT2D eigenvalue weighted by molar-refractivity contribution is 6.09. The number of para-hydroxylation sites is 3. The summed E-state index contributed by atoms with van der Waals surface area (Å²) in [7, 11) is 0. The van der Waals surface area contributed by atoms with E-state index in [1.54, 1.807) is 0 Å². The molecule has 0 spiro atoms. The second kappa shape index (κ2) is 11.7. The maximum Gasteiger partial charge on any atom is 0.227 e. The van der Waals surface area contributed by atoms with E-state index in [1.807, 2.05) is 36.4 Å². The van der Waals surface area contributed by atoms with Gasteiger partial charge in [-0.15, -0.1) is 0 Å². The number of imidazole rings is 1. The molecule has 0 radical (unpaired) electrons. The molecule has 0 unspecified atom stereocenters. The van der Waals surface area contributed by atoms with Crippen LogP contribution in [-0.4, -0.2) is 14.5 Å². The van der Waals surface area contributed by atoms with Gasteiger partial charge in [0.15, 0.2) is 0 Å². The summed E-state index contributed by atoms with van der Waals surface area (Å²) in [6.45, 7) is 9.09. The molecule has 0 aliphatic heterocycles. The van der Waals surface area contributed by atoms with E-state index in [1.165, 1.54) is 27.9 Å². The lowest BCUT2D eigenvalue weighted by atomic mass is 9.88. The van der Waals surface area contributed by atoms with Gasteiger partial charge in [0.25, 0.3) is 0 Å². The Kier molecular flexibility index (Phi) is 7.15. The van der Waals surface area contributed by atoms with Gasteiger partial charge >= 0.3 is 0 Å². The highest BCUT2D eigenvalue weighted by Crippen LogP contribution is 2.42. The lowest BCUT2D eigenvalue weighted by molar-refractivity contribution is 0.655. The minimum absolute atomic E-state index is 0.266. The number of aromatic nitrogens is 3. The first-order chi connectivity index (χ1) is 23.4. The molecule has 0 aliphatic rings. The van der Waals surface area contributed by atoms with E-state index < -0.39 is 0 Å². The minimum atomic E-state index is 0.266. The smallest absolute Gasteiger partial charge is 0.227 e. The van der Waals surface area contributed by atoms with Crippen molar-refractivity contribution in [2.45, 2.75) is 39.5 Å². The van der Waals surface area contributed by atoms with Gasteiger partial charge in [-0.1, -0.05) is 94.4 Å². The van der Waals surface area contributed by atoms with Crippen molar-refractivity contribution in [1.82, 2.24) is 14.5 Å². The molecule has 8 aromatic rings. The van der Waals surface area contributed by atoms with Gasteiger partial charge in [0.05, 0.1) is 39.6 Å². The molecule has 0 fully saturated rings. The number of pyridine rings is 1. The fourth-order valence-electron chi connectivity index (χ4n) is 6.78. The molecule has 5 aromatic carbocycles. The van der Waals surface area contributed by atoms with E-state index in [0.29, 0.717) is 11.3 Å². The number of rotatable bonds is 6. The maximum absolute atomic E-state index is 9.24. The molecule has 0 amide bonds. The average molecular weight is 623 g/mol. The predicted octanol–water partition coefficient (Wildman–Crippen LogP) is 11.4. The zero-order valence-corrected chi connectivity index (χ0v) is 27.4. The molecule has 0 saturated heterocycles. The van der Waals surface area contributed by atoms with Gasteiger partial charge < -0.3 is 4.42 Å². The fourth-order valence-corrected chi connectivity index (χ4v) is 6.78. The summed E-state index contributed by atoms with van der Waals surface area (Å²) in [4.78, 5) is 10.2. The molecule has 5 heteroatoms. The van der Waals surface area contributed by atoms with Crippen molar-refractivity contribution in [3.63, 3.8) is 0 Å². The van der Waals surface area contributed by atoms with Crippen molar-refractivity contribution >= 4 is 33.1 Å². The third-order valence-electron chi connectivity index (χ3n) is 9.22. The summed E-state index contributed by atoms with van der Waals surface area (Å²) in [5.41, 5.74) is 12.7. The zero-order chi connectivity index (χ0) is 32.9. The van der Waals surface area contributed by atoms with Gasteiger partial charge in [-0.3, -0.25) is 4.57 Å². The Bertz CT molecular complexity index is 2480.